The standard InChI is InChI=1S/C20H41NO4S.C6H15N/c1-2-3-4-5-6-7-8-9-10-11-12-13-14-15-16-17-20(22)21-18-19-26(23,24)25;1-4-7(5-2)6-3/h2-19H2,1H3,(H,21,22)(H,23,24,25);4-6H2,1-3H3. The van der Waals surface area contributed by atoms with Crippen molar-refractivity contribution in [3.05, 3.63) is 0 Å². The minimum Gasteiger partial charge on any atom is -0.748 e. The van der Waals surface area contributed by atoms with Crippen LogP contribution in [0.25, 0.3) is 0 Å². The fraction of sp³-hybridized carbons (Fsp3) is 0.962. The molecule has 0 fully saturated rings. The zero-order valence-electron chi connectivity index (χ0n) is 22.4. The van der Waals surface area contributed by atoms with E-state index in [0.717, 1.165) is 19.3 Å². The van der Waals surface area contributed by atoms with Crippen LogP contribution in [-0.2, 0) is 14.9 Å². The third kappa shape index (κ3) is 31.3. The maximum atomic E-state index is 11.5. The average molecular weight is 493 g/mol. The van der Waals surface area contributed by atoms with Gasteiger partial charge in [0.05, 0.1) is 35.5 Å². The molecular formula is C26H56N2O4S. The SMILES string of the molecule is CCCCCCCCCCCCCCCCCC(=O)NCCS(=O)(=O)[O-].CC[NH+](CC)CC. The lowest BCUT2D eigenvalue weighted by Gasteiger charge is -2.10. The predicted octanol–water partition coefficient (Wildman–Crippen LogP) is 4.84. The van der Waals surface area contributed by atoms with Gasteiger partial charge in [-0.15, -0.1) is 0 Å². The summed E-state index contributed by atoms with van der Waals surface area (Å²) in [6, 6.07) is 0. The molecule has 1 amide bonds. The Kier molecular flexibility index (Phi) is 27.1. The zero-order chi connectivity index (χ0) is 25.2. The van der Waals surface area contributed by atoms with Crippen molar-refractivity contribution in [1.82, 2.24) is 5.32 Å². The monoisotopic (exact) mass is 492 g/mol. The van der Waals surface area contributed by atoms with E-state index in [1.54, 1.807) is 4.90 Å². The van der Waals surface area contributed by atoms with Crippen LogP contribution in [0.5, 0.6) is 0 Å². The maximum Gasteiger partial charge on any atom is 0.220 e. The summed E-state index contributed by atoms with van der Waals surface area (Å²) in [5.74, 6) is -0.694. The summed E-state index contributed by atoms with van der Waals surface area (Å²) in [5.41, 5.74) is 0. The molecule has 0 aromatic heterocycles. The highest BCUT2D eigenvalue weighted by atomic mass is 32.2. The molecule has 0 aliphatic rings. The number of carbonyl (C=O) groups is 1. The van der Waals surface area contributed by atoms with Gasteiger partial charge < -0.3 is 14.8 Å². The largest absolute Gasteiger partial charge is 0.748 e. The molecule has 0 bridgehead atoms. The van der Waals surface area contributed by atoms with Crippen molar-refractivity contribution in [1.29, 1.82) is 0 Å². The van der Waals surface area contributed by atoms with E-state index in [1.807, 2.05) is 0 Å². The topological polar surface area (TPSA) is 90.7 Å². The molecule has 0 aromatic carbocycles. The fourth-order valence-corrected chi connectivity index (χ4v) is 4.16. The van der Waals surface area contributed by atoms with Gasteiger partial charge >= 0.3 is 0 Å². The molecule has 0 aliphatic carbocycles. The highest BCUT2D eigenvalue weighted by Crippen LogP contribution is 2.13. The Morgan fingerprint density at radius 2 is 1.03 bits per heavy atom. The molecule has 0 saturated heterocycles. The number of nitrogens with one attached hydrogen (secondary N) is 2. The van der Waals surface area contributed by atoms with Crippen LogP contribution in [0.3, 0.4) is 0 Å². The number of amides is 1. The lowest BCUT2D eigenvalue weighted by Crippen LogP contribution is -3.11. The molecule has 0 rings (SSSR count). The number of carbonyl (C=O) groups excluding carboxylic acids is 1. The van der Waals surface area contributed by atoms with Crippen LogP contribution >= 0.6 is 0 Å². The highest BCUT2D eigenvalue weighted by molar-refractivity contribution is 7.85. The van der Waals surface area contributed by atoms with Crippen molar-refractivity contribution in [3.63, 3.8) is 0 Å². The Balaban J connectivity index is 0. The van der Waals surface area contributed by atoms with Crippen molar-refractivity contribution in [2.24, 2.45) is 0 Å². The third-order valence-corrected chi connectivity index (χ3v) is 6.89. The maximum absolute atomic E-state index is 11.5. The van der Waals surface area contributed by atoms with Gasteiger partial charge in [0.2, 0.25) is 5.91 Å². The van der Waals surface area contributed by atoms with E-state index in [9.17, 15) is 17.8 Å². The van der Waals surface area contributed by atoms with Gasteiger partial charge in [-0.1, -0.05) is 96.8 Å². The summed E-state index contributed by atoms with van der Waals surface area (Å²) in [6.07, 6.45) is 19.7. The van der Waals surface area contributed by atoms with Gasteiger partial charge in [0.25, 0.3) is 0 Å². The molecule has 0 spiro atoms. The number of unbranched alkanes of at least 4 members (excludes halogenated alkanes) is 14. The van der Waals surface area contributed by atoms with Crippen LogP contribution in [0, 0.1) is 0 Å². The van der Waals surface area contributed by atoms with E-state index >= 15 is 0 Å². The van der Waals surface area contributed by atoms with E-state index in [-0.39, 0.29) is 12.5 Å². The molecule has 0 heterocycles. The second kappa shape index (κ2) is 26.0. The molecule has 0 saturated carbocycles. The van der Waals surface area contributed by atoms with Gasteiger partial charge in [0.15, 0.2) is 0 Å². The third-order valence-electron chi connectivity index (χ3n) is 6.18. The fourth-order valence-electron chi connectivity index (χ4n) is 3.81. The van der Waals surface area contributed by atoms with E-state index in [1.165, 1.54) is 96.7 Å². The summed E-state index contributed by atoms with van der Waals surface area (Å²) >= 11 is 0. The Morgan fingerprint density at radius 1 is 0.667 bits per heavy atom. The number of hydrogen-bond donors (Lipinski definition) is 2. The van der Waals surface area contributed by atoms with Gasteiger partial charge in [-0.2, -0.15) is 0 Å². The van der Waals surface area contributed by atoms with Gasteiger partial charge in [0.1, 0.15) is 0 Å². The molecule has 6 nitrogen and oxygen atoms in total. The second-order valence-electron chi connectivity index (χ2n) is 9.12. The molecule has 33 heavy (non-hydrogen) atoms. The molecular weight excluding hydrogens is 436 g/mol. The minimum absolute atomic E-state index is 0.0800. The van der Waals surface area contributed by atoms with E-state index < -0.39 is 15.9 Å². The summed E-state index contributed by atoms with van der Waals surface area (Å²) in [6.45, 7) is 12.7. The van der Waals surface area contributed by atoms with Gasteiger partial charge in [-0.25, -0.2) is 8.42 Å². The molecule has 0 aromatic rings. The summed E-state index contributed by atoms with van der Waals surface area (Å²) in [5, 5.41) is 2.47. The predicted molar refractivity (Wildman–Crippen MR) is 140 cm³/mol. The molecule has 0 aliphatic heterocycles. The van der Waals surface area contributed by atoms with Gasteiger partial charge in [0, 0.05) is 13.0 Å². The van der Waals surface area contributed by atoms with Crippen LogP contribution in [0.1, 0.15) is 130 Å². The number of quaternary nitrogens is 1. The smallest absolute Gasteiger partial charge is 0.220 e. The van der Waals surface area contributed by atoms with Crippen molar-refractivity contribution in [2.45, 2.75) is 130 Å². The van der Waals surface area contributed by atoms with Crippen molar-refractivity contribution in [2.75, 3.05) is 31.9 Å². The average Bonchev–Trinajstić information content (AvgIpc) is 2.77. The molecule has 0 unspecified atom stereocenters. The lowest BCUT2D eigenvalue weighted by atomic mass is 10.0. The first-order valence-corrected chi connectivity index (χ1v) is 15.4. The van der Waals surface area contributed by atoms with Crippen LogP contribution in [0.2, 0.25) is 0 Å². The van der Waals surface area contributed by atoms with Crippen LogP contribution < -0.4 is 10.2 Å². The minimum atomic E-state index is -4.24. The Hall–Kier alpha value is -0.660. The van der Waals surface area contributed by atoms with E-state index in [0.29, 0.717) is 6.42 Å². The summed E-state index contributed by atoms with van der Waals surface area (Å²) < 4.78 is 31.2. The highest BCUT2D eigenvalue weighted by Gasteiger charge is 2.02. The summed E-state index contributed by atoms with van der Waals surface area (Å²) in [7, 11) is -4.24. The van der Waals surface area contributed by atoms with Crippen molar-refractivity contribution >= 4 is 16.0 Å². The van der Waals surface area contributed by atoms with Crippen LogP contribution in [0.4, 0.5) is 0 Å². The first kappa shape index (κ1) is 34.5. The van der Waals surface area contributed by atoms with Crippen molar-refractivity contribution < 1.29 is 22.7 Å². The van der Waals surface area contributed by atoms with Crippen molar-refractivity contribution in [3.8, 4) is 0 Å². The van der Waals surface area contributed by atoms with E-state index in [2.05, 4.69) is 33.0 Å². The van der Waals surface area contributed by atoms with Crippen LogP contribution in [-0.4, -0.2) is 50.8 Å². The first-order chi connectivity index (χ1) is 15.8. The molecule has 0 radical (unpaired) electrons. The Labute approximate surface area is 206 Å². The Morgan fingerprint density at radius 3 is 1.33 bits per heavy atom. The molecule has 200 valence electrons. The number of rotatable bonds is 22. The number of hydrogen-bond acceptors (Lipinski definition) is 4. The normalized spacial score (nSPS) is 11.3. The Bertz CT molecular complexity index is 503. The molecule has 7 heteroatoms. The lowest BCUT2D eigenvalue weighted by molar-refractivity contribution is -0.894. The summed E-state index contributed by atoms with van der Waals surface area (Å²) in [4.78, 5) is 13.1. The van der Waals surface area contributed by atoms with Gasteiger partial charge in [-0.3, -0.25) is 4.79 Å². The zero-order valence-corrected chi connectivity index (χ0v) is 23.2. The van der Waals surface area contributed by atoms with Crippen LogP contribution in [0.15, 0.2) is 0 Å². The first-order valence-electron chi connectivity index (χ1n) is 13.8. The molecule has 0 atom stereocenters. The molecule has 2 N–H and O–H groups in total. The van der Waals surface area contributed by atoms with Gasteiger partial charge in [-0.05, 0) is 27.2 Å². The quantitative estimate of drug-likeness (QED) is 0.167. The van der Waals surface area contributed by atoms with E-state index in [4.69, 9.17) is 0 Å². The second-order valence-corrected chi connectivity index (χ2v) is 10.6.